The van der Waals surface area contributed by atoms with Crippen LogP contribution >= 0.6 is 11.8 Å². The number of benzene rings is 1. The number of aliphatic hydroxyl groups is 3. The van der Waals surface area contributed by atoms with Crippen LogP contribution in [0.25, 0.3) is 22.6 Å². The van der Waals surface area contributed by atoms with E-state index >= 15 is 0 Å². The molecule has 2 aliphatic rings. The highest BCUT2D eigenvalue weighted by atomic mass is 32.2. The topological polar surface area (TPSA) is 197 Å². The first-order valence-corrected chi connectivity index (χ1v) is 13.3. The van der Waals surface area contributed by atoms with E-state index in [1.54, 1.807) is 18.4 Å². The summed E-state index contributed by atoms with van der Waals surface area (Å²) in [6, 6.07) is 2.33. The number of rotatable bonds is 12. The average Bonchev–Trinajstić information content (AvgIpc) is 2.85. The molecule has 0 radical (unpaired) electrons. The van der Waals surface area contributed by atoms with Gasteiger partial charge in [0.25, 0.3) is 5.56 Å². The number of fused-ring (bicyclic) bond motifs is 2. The number of carbonyl (C=O) groups is 2. The number of carbonyl (C=O) groups excluding carboxylic acids is 1. The number of hydrogen-bond acceptors (Lipinski definition) is 10. The van der Waals surface area contributed by atoms with Gasteiger partial charge in [-0.3, -0.25) is 9.59 Å². The summed E-state index contributed by atoms with van der Waals surface area (Å²) in [5, 5.41) is 41.1. The Hall–Kier alpha value is -3.33. The second-order valence-electron chi connectivity index (χ2n) is 9.07. The minimum Gasteiger partial charge on any atom is -0.480 e. The van der Waals surface area contributed by atoms with Crippen molar-refractivity contribution >= 4 is 34.7 Å². The van der Waals surface area contributed by atoms with Crippen LogP contribution in [-0.2, 0) is 22.7 Å². The molecule has 2 heterocycles. The Kier molecular flexibility index (Phi) is 9.60. The molecule has 1 amide bonds. The van der Waals surface area contributed by atoms with Crippen LogP contribution in [0, 0.1) is 13.8 Å². The van der Waals surface area contributed by atoms with Crippen LogP contribution in [0.1, 0.15) is 24.0 Å². The van der Waals surface area contributed by atoms with Crippen molar-refractivity contribution in [1.29, 1.82) is 0 Å². The Labute approximate surface area is 221 Å². The van der Waals surface area contributed by atoms with Crippen LogP contribution in [0.3, 0.4) is 0 Å². The summed E-state index contributed by atoms with van der Waals surface area (Å²) in [5.74, 6) is -1.71. The van der Waals surface area contributed by atoms with Crippen LogP contribution < -0.4 is 16.6 Å². The molecule has 0 saturated heterocycles. The zero-order valence-electron chi connectivity index (χ0n) is 21.2. The fourth-order valence-corrected chi connectivity index (χ4v) is 4.47. The first-order valence-electron chi connectivity index (χ1n) is 11.9. The van der Waals surface area contributed by atoms with Gasteiger partial charge in [0.1, 0.15) is 12.6 Å². The Balaban J connectivity index is 2.10. The van der Waals surface area contributed by atoms with Crippen molar-refractivity contribution < 1.29 is 30.0 Å². The van der Waals surface area contributed by atoms with Crippen molar-refractivity contribution in [3.63, 3.8) is 0 Å². The molecule has 1 aromatic rings. The molecule has 5 N–H and O–H groups in total. The number of amides is 1. The zero-order valence-corrected chi connectivity index (χ0v) is 22.1. The molecule has 14 heteroatoms. The van der Waals surface area contributed by atoms with Crippen molar-refractivity contribution in [2.75, 3.05) is 18.6 Å². The van der Waals surface area contributed by atoms with E-state index in [0.29, 0.717) is 21.4 Å². The first kappa shape index (κ1) is 29.2. The molecular weight excluding hydrogens is 518 g/mol. The monoisotopic (exact) mass is 549 g/mol. The van der Waals surface area contributed by atoms with E-state index in [-0.39, 0.29) is 30.9 Å². The van der Waals surface area contributed by atoms with E-state index in [2.05, 4.69) is 15.3 Å². The summed E-state index contributed by atoms with van der Waals surface area (Å²) in [5.41, 5.74) is 0.469. The molecule has 0 aromatic heterocycles. The number of nitrogens with zero attached hydrogens (tertiary/aromatic N) is 4. The average molecular weight is 550 g/mol. The van der Waals surface area contributed by atoms with E-state index in [4.69, 9.17) is 5.11 Å². The molecule has 0 spiro atoms. The van der Waals surface area contributed by atoms with Gasteiger partial charge in [-0.25, -0.2) is 19.1 Å². The number of carboxylic acids is 1. The number of carboxylic acid groups (broad SMARTS) is 1. The van der Waals surface area contributed by atoms with Gasteiger partial charge < -0.3 is 30.3 Å². The number of aryl methyl sites for hydroxylation is 2. The lowest BCUT2D eigenvalue weighted by Crippen LogP contribution is -2.47. The molecule has 0 saturated carbocycles. The van der Waals surface area contributed by atoms with E-state index in [9.17, 15) is 34.5 Å². The zero-order chi connectivity index (χ0) is 28.1. The van der Waals surface area contributed by atoms with E-state index in [1.165, 1.54) is 16.3 Å². The highest BCUT2D eigenvalue weighted by Crippen LogP contribution is 2.24. The maximum absolute atomic E-state index is 13.3. The van der Waals surface area contributed by atoms with Crippen LogP contribution in [-0.4, -0.2) is 88.3 Å². The molecule has 13 nitrogen and oxygen atoms in total. The number of aliphatic carboxylic acids is 1. The highest BCUT2D eigenvalue weighted by molar-refractivity contribution is 7.98. The molecule has 2 aliphatic heterocycles. The van der Waals surface area contributed by atoms with Gasteiger partial charge in [0.05, 0.1) is 36.4 Å². The first-order chi connectivity index (χ1) is 18.0. The van der Waals surface area contributed by atoms with Gasteiger partial charge in [0.2, 0.25) is 5.91 Å². The molecule has 1 unspecified atom stereocenters. The molecule has 206 valence electrons. The lowest BCUT2D eigenvalue weighted by atomic mass is 10.1. The fourth-order valence-electron chi connectivity index (χ4n) is 4.00. The molecule has 3 atom stereocenters. The molecule has 3 rings (SSSR count). The van der Waals surface area contributed by atoms with E-state index in [1.807, 2.05) is 13.8 Å². The highest BCUT2D eigenvalue weighted by Gasteiger charge is 2.26. The minimum atomic E-state index is -1.23. The van der Waals surface area contributed by atoms with Gasteiger partial charge >= 0.3 is 11.7 Å². The number of nitrogens with one attached hydrogen (secondary N) is 1. The lowest BCUT2D eigenvalue weighted by Gasteiger charge is -2.22. The molecule has 0 aliphatic carbocycles. The third-order valence-electron chi connectivity index (χ3n) is 6.16. The standard InChI is InChI=1S/C24H31N5O8S/c1-12-6-17-18(7-13(12)2)28(9-14(31)8-15(32)11-30)21-20(26-17)22(34)29(24(37)27-21)10-19(33)25-16(23(35)36)4-5-38-3/h6-7,14-16,30-32H,4-5,8-11H2,1-3H3,(H,25,33)(H,35,36)/t14-,15+,16?/m0/s1. The summed E-state index contributed by atoms with van der Waals surface area (Å²) in [4.78, 5) is 58.6. The number of hydrogen-bond donors (Lipinski definition) is 5. The summed E-state index contributed by atoms with van der Waals surface area (Å²) < 4.78 is 2.04. The lowest BCUT2D eigenvalue weighted by molar-refractivity contribution is -0.142. The summed E-state index contributed by atoms with van der Waals surface area (Å²) >= 11 is 1.41. The van der Waals surface area contributed by atoms with Crippen LogP contribution in [0.15, 0.2) is 21.7 Å². The van der Waals surface area contributed by atoms with Crippen molar-refractivity contribution in [2.24, 2.45) is 0 Å². The third-order valence-corrected chi connectivity index (χ3v) is 6.80. The normalized spacial score (nSPS) is 13.9. The van der Waals surface area contributed by atoms with Gasteiger partial charge in [-0.05, 0) is 55.5 Å². The number of aromatic nitrogens is 4. The van der Waals surface area contributed by atoms with Crippen molar-refractivity contribution in [2.45, 2.75) is 58.0 Å². The Morgan fingerprint density at radius 1 is 1.08 bits per heavy atom. The summed E-state index contributed by atoms with van der Waals surface area (Å²) in [6.45, 7) is 2.26. The quantitative estimate of drug-likeness (QED) is 0.176. The second kappa shape index (κ2) is 12.5. The number of aliphatic hydroxyl groups excluding tert-OH is 3. The number of thioether (sulfide) groups is 1. The van der Waals surface area contributed by atoms with Crippen LogP contribution in [0.4, 0.5) is 0 Å². The van der Waals surface area contributed by atoms with Gasteiger partial charge in [-0.2, -0.15) is 16.7 Å². The Morgan fingerprint density at radius 3 is 2.39 bits per heavy atom. The van der Waals surface area contributed by atoms with Crippen LogP contribution in [0.5, 0.6) is 0 Å². The van der Waals surface area contributed by atoms with Gasteiger partial charge in [-0.1, -0.05) is 0 Å². The SMILES string of the molecule is CSCCC(NC(=O)Cn1c(=O)nc2n(C[C@@H](O)C[C@@H](O)CO)c3cc(C)c(C)cc3nc-2c1=O)C(=O)O. The second-order valence-corrected chi connectivity index (χ2v) is 10.1. The van der Waals surface area contributed by atoms with Gasteiger partial charge in [0.15, 0.2) is 11.5 Å². The Morgan fingerprint density at radius 2 is 1.76 bits per heavy atom. The van der Waals surface area contributed by atoms with Crippen LogP contribution in [0.2, 0.25) is 0 Å². The Bertz CT molecular complexity index is 1420. The van der Waals surface area contributed by atoms with E-state index < -0.39 is 54.5 Å². The largest absolute Gasteiger partial charge is 0.480 e. The maximum atomic E-state index is 13.3. The van der Waals surface area contributed by atoms with Crippen molar-refractivity contribution in [3.05, 3.63) is 44.1 Å². The summed E-state index contributed by atoms with van der Waals surface area (Å²) in [7, 11) is 0. The smallest absolute Gasteiger partial charge is 0.353 e. The fraction of sp³-hybridized carbons (Fsp3) is 0.500. The predicted octanol–water partition coefficient (Wildman–Crippen LogP) is -0.898. The predicted molar refractivity (Wildman–Crippen MR) is 140 cm³/mol. The molecule has 38 heavy (non-hydrogen) atoms. The molecular formula is C24H31N5O8S. The third kappa shape index (κ3) is 6.56. The summed E-state index contributed by atoms with van der Waals surface area (Å²) in [6.07, 6.45) is -0.529. The van der Waals surface area contributed by atoms with Gasteiger partial charge in [0, 0.05) is 6.42 Å². The minimum absolute atomic E-state index is 0.117. The van der Waals surface area contributed by atoms with Gasteiger partial charge in [-0.15, -0.1) is 0 Å². The maximum Gasteiger partial charge on any atom is 0.353 e. The molecule has 0 bridgehead atoms. The van der Waals surface area contributed by atoms with Crippen molar-refractivity contribution in [3.8, 4) is 11.5 Å². The molecule has 1 aromatic carbocycles. The molecule has 0 fully saturated rings. The van der Waals surface area contributed by atoms with Crippen molar-refractivity contribution in [1.82, 2.24) is 24.4 Å². The van der Waals surface area contributed by atoms with E-state index in [0.717, 1.165) is 11.1 Å².